The Balaban J connectivity index is 1.62. The SMILES string of the molecule is CCOc1ccc(OCc2cccc(C(=O)Nc3cnn(C)c3C)c2)cc1. The molecule has 0 atom stereocenters. The van der Waals surface area contributed by atoms with E-state index in [1.165, 1.54) is 0 Å². The second-order valence-electron chi connectivity index (χ2n) is 6.11. The maximum atomic E-state index is 12.5. The van der Waals surface area contributed by atoms with Crippen molar-refractivity contribution < 1.29 is 14.3 Å². The highest BCUT2D eigenvalue weighted by Crippen LogP contribution is 2.19. The summed E-state index contributed by atoms with van der Waals surface area (Å²) in [6.07, 6.45) is 1.64. The van der Waals surface area contributed by atoms with Gasteiger partial charge in [0.25, 0.3) is 5.91 Å². The smallest absolute Gasteiger partial charge is 0.255 e. The number of aryl methyl sites for hydroxylation is 1. The normalized spacial score (nSPS) is 10.5. The minimum atomic E-state index is -0.172. The summed E-state index contributed by atoms with van der Waals surface area (Å²) in [5, 5.41) is 7.02. The molecular weight excluding hydrogens is 342 g/mol. The third kappa shape index (κ3) is 4.67. The van der Waals surface area contributed by atoms with E-state index in [0.29, 0.717) is 24.5 Å². The molecule has 0 saturated heterocycles. The molecule has 3 aromatic rings. The molecule has 0 bridgehead atoms. The van der Waals surface area contributed by atoms with E-state index in [1.807, 2.05) is 63.4 Å². The number of carbonyl (C=O) groups is 1. The highest BCUT2D eigenvalue weighted by molar-refractivity contribution is 6.04. The third-order valence-electron chi connectivity index (χ3n) is 4.21. The largest absolute Gasteiger partial charge is 0.494 e. The van der Waals surface area contributed by atoms with Gasteiger partial charge < -0.3 is 14.8 Å². The Bertz CT molecular complexity index is 917. The number of benzene rings is 2. The van der Waals surface area contributed by atoms with Crippen LogP contribution >= 0.6 is 0 Å². The number of nitrogens with one attached hydrogen (secondary N) is 1. The molecule has 0 spiro atoms. The number of ether oxygens (including phenoxy) is 2. The fourth-order valence-corrected chi connectivity index (χ4v) is 2.58. The lowest BCUT2D eigenvalue weighted by atomic mass is 10.1. The Hall–Kier alpha value is -3.28. The maximum Gasteiger partial charge on any atom is 0.255 e. The first kappa shape index (κ1) is 18.5. The van der Waals surface area contributed by atoms with Gasteiger partial charge in [-0.3, -0.25) is 9.48 Å². The molecule has 6 nitrogen and oxygen atoms in total. The molecule has 0 unspecified atom stereocenters. The summed E-state index contributed by atoms with van der Waals surface area (Å²) in [5.41, 5.74) is 3.10. The van der Waals surface area contributed by atoms with Gasteiger partial charge in [-0.25, -0.2) is 0 Å². The summed E-state index contributed by atoms with van der Waals surface area (Å²) in [5.74, 6) is 1.39. The minimum absolute atomic E-state index is 0.172. The highest BCUT2D eigenvalue weighted by atomic mass is 16.5. The van der Waals surface area contributed by atoms with Crippen LogP contribution in [0.4, 0.5) is 5.69 Å². The van der Waals surface area contributed by atoms with E-state index in [9.17, 15) is 4.79 Å². The van der Waals surface area contributed by atoms with Gasteiger partial charge in [0.2, 0.25) is 0 Å². The second kappa shape index (κ2) is 8.40. The van der Waals surface area contributed by atoms with Gasteiger partial charge in [-0.1, -0.05) is 12.1 Å². The Kier molecular flexibility index (Phi) is 5.76. The minimum Gasteiger partial charge on any atom is -0.494 e. The number of aromatic nitrogens is 2. The molecule has 0 saturated carbocycles. The van der Waals surface area contributed by atoms with Crippen molar-refractivity contribution in [2.24, 2.45) is 7.05 Å². The van der Waals surface area contributed by atoms with E-state index in [2.05, 4.69) is 10.4 Å². The van der Waals surface area contributed by atoms with Crippen molar-refractivity contribution in [2.75, 3.05) is 11.9 Å². The molecule has 2 aromatic carbocycles. The summed E-state index contributed by atoms with van der Waals surface area (Å²) in [4.78, 5) is 12.5. The van der Waals surface area contributed by atoms with E-state index in [-0.39, 0.29) is 5.91 Å². The molecule has 1 amide bonds. The molecule has 0 aliphatic heterocycles. The van der Waals surface area contributed by atoms with Crippen LogP contribution in [0.25, 0.3) is 0 Å². The van der Waals surface area contributed by atoms with Gasteiger partial charge in [-0.15, -0.1) is 0 Å². The molecule has 140 valence electrons. The fraction of sp³-hybridized carbons (Fsp3) is 0.238. The van der Waals surface area contributed by atoms with E-state index in [0.717, 1.165) is 22.8 Å². The van der Waals surface area contributed by atoms with Gasteiger partial charge in [0, 0.05) is 12.6 Å². The van der Waals surface area contributed by atoms with Crippen molar-refractivity contribution >= 4 is 11.6 Å². The quantitative estimate of drug-likeness (QED) is 0.688. The van der Waals surface area contributed by atoms with Gasteiger partial charge in [0.1, 0.15) is 18.1 Å². The van der Waals surface area contributed by atoms with Crippen LogP contribution in [-0.2, 0) is 13.7 Å². The van der Waals surface area contributed by atoms with Crippen LogP contribution < -0.4 is 14.8 Å². The van der Waals surface area contributed by atoms with Gasteiger partial charge >= 0.3 is 0 Å². The summed E-state index contributed by atoms with van der Waals surface area (Å²) < 4.78 is 12.9. The van der Waals surface area contributed by atoms with Crippen LogP contribution in [0.2, 0.25) is 0 Å². The average Bonchev–Trinajstić information content (AvgIpc) is 3.00. The Morgan fingerprint density at radius 2 is 1.81 bits per heavy atom. The van der Waals surface area contributed by atoms with Gasteiger partial charge in [-0.2, -0.15) is 5.10 Å². The fourth-order valence-electron chi connectivity index (χ4n) is 2.58. The lowest BCUT2D eigenvalue weighted by Crippen LogP contribution is -2.13. The van der Waals surface area contributed by atoms with Crippen molar-refractivity contribution in [3.8, 4) is 11.5 Å². The van der Waals surface area contributed by atoms with Crippen molar-refractivity contribution in [2.45, 2.75) is 20.5 Å². The van der Waals surface area contributed by atoms with E-state index in [4.69, 9.17) is 9.47 Å². The molecular formula is C21H23N3O3. The lowest BCUT2D eigenvalue weighted by molar-refractivity contribution is 0.102. The molecule has 0 radical (unpaired) electrons. The molecule has 3 rings (SSSR count). The number of hydrogen-bond donors (Lipinski definition) is 1. The van der Waals surface area contributed by atoms with Crippen molar-refractivity contribution in [3.05, 3.63) is 71.5 Å². The first-order valence-electron chi connectivity index (χ1n) is 8.81. The summed E-state index contributed by atoms with van der Waals surface area (Å²) >= 11 is 0. The van der Waals surface area contributed by atoms with E-state index in [1.54, 1.807) is 16.9 Å². The van der Waals surface area contributed by atoms with Crippen LogP contribution in [0.3, 0.4) is 0 Å². The maximum absolute atomic E-state index is 12.5. The summed E-state index contributed by atoms with van der Waals surface area (Å²) in [6.45, 7) is 4.86. The monoisotopic (exact) mass is 365 g/mol. The highest BCUT2D eigenvalue weighted by Gasteiger charge is 2.11. The number of nitrogens with zero attached hydrogens (tertiary/aromatic N) is 2. The first-order valence-corrected chi connectivity index (χ1v) is 8.81. The van der Waals surface area contributed by atoms with Crippen molar-refractivity contribution in [1.82, 2.24) is 9.78 Å². The number of anilines is 1. The van der Waals surface area contributed by atoms with Crippen molar-refractivity contribution in [1.29, 1.82) is 0 Å². The first-order chi connectivity index (χ1) is 13.1. The molecule has 0 aliphatic carbocycles. The predicted octanol–water partition coefficient (Wildman–Crippen LogP) is 3.96. The number of hydrogen-bond acceptors (Lipinski definition) is 4. The van der Waals surface area contributed by atoms with Crippen LogP contribution in [0.15, 0.2) is 54.7 Å². The standard InChI is InChI=1S/C21H23N3O3/c1-4-26-18-8-10-19(11-9-18)27-14-16-6-5-7-17(12-16)21(25)23-20-13-22-24(3)15(20)2/h5-13H,4,14H2,1-3H3,(H,23,25). The third-order valence-corrected chi connectivity index (χ3v) is 4.21. The topological polar surface area (TPSA) is 65.4 Å². The van der Waals surface area contributed by atoms with Gasteiger partial charge in [0.05, 0.1) is 24.2 Å². The average molecular weight is 365 g/mol. The zero-order valence-electron chi connectivity index (χ0n) is 15.7. The zero-order chi connectivity index (χ0) is 19.2. The number of rotatable bonds is 7. The molecule has 0 fully saturated rings. The summed E-state index contributed by atoms with van der Waals surface area (Å²) in [6, 6.07) is 14.9. The van der Waals surface area contributed by atoms with E-state index >= 15 is 0 Å². The van der Waals surface area contributed by atoms with Crippen molar-refractivity contribution in [3.63, 3.8) is 0 Å². The zero-order valence-corrected chi connectivity index (χ0v) is 15.7. The summed E-state index contributed by atoms with van der Waals surface area (Å²) in [7, 11) is 1.84. The molecule has 1 N–H and O–H groups in total. The molecule has 27 heavy (non-hydrogen) atoms. The van der Waals surface area contributed by atoms with Crippen LogP contribution in [0.1, 0.15) is 28.5 Å². The number of carbonyl (C=O) groups excluding carboxylic acids is 1. The van der Waals surface area contributed by atoms with Crippen LogP contribution in [0, 0.1) is 6.92 Å². The molecule has 1 heterocycles. The lowest BCUT2D eigenvalue weighted by Gasteiger charge is -2.09. The Labute approximate surface area is 158 Å². The molecule has 6 heteroatoms. The Morgan fingerprint density at radius 3 is 2.44 bits per heavy atom. The predicted molar refractivity (Wildman–Crippen MR) is 104 cm³/mol. The Morgan fingerprint density at radius 1 is 1.11 bits per heavy atom. The van der Waals surface area contributed by atoms with E-state index < -0.39 is 0 Å². The van der Waals surface area contributed by atoms with Crippen LogP contribution in [0.5, 0.6) is 11.5 Å². The molecule has 1 aromatic heterocycles. The van der Waals surface area contributed by atoms with Crippen LogP contribution in [-0.4, -0.2) is 22.3 Å². The number of amides is 1. The second-order valence-corrected chi connectivity index (χ2v) is 6.11. The van der Waals surface area contributed by atoms with Gasteiger partial charge in [0.15, 0.2) is 0 Å². The van der Waals surface area contributed by atoms with Gasteiger partial charge in [-0.05, 0) is 55.8 Å². The molecule has 0 aliphatic rings.